The first-order valence-corrected chi connectivity index (χ1v) is 9.40. The topological polar surface area (TPSA) is 89.3 Å². The predicted octanol–water partition coefficient (Wildman–Crippen LogP) is 3.58. The first-order valence-electron chi connectivity index (χ1n) is 7.54. The maximum Gasteiger partial charge on any atom is 0.261 e. The lowest BCUT2D eigenvalue weighted by Gasteiger charge is -2.10. The van der Waals surface area contributed by atoms with E-state index in [0.717, 1.165) is 24.8 Å². The number of nitrogens with one attached hydrogen (secondary N) is 1. The van der Waals surface area contributed by atoms with Gasteiger partial charge in [-0.1, -0.05) is 37.1 Å². The third-order valence-electron chi connectivity index (χ3n) is 3.54. The Hall–Kier alpha value is -2.05. The fourth-order valence-electron chi connectivity index (χ4n) is 2.19. The normalized spacial score (nSPS) is 11.2. The first kappa shape index (κ1) is 18.3. The van der Waals surface area contributed by atoms with Gasteiger partial charge < -0.3 is 5.73 Å². The highest BCUT2D eigenvalue weighted by molar-refractivity contribution is 7.92. The zero-order valence-corrected chi connectivity index (χ0v) is 14.8. The Morgan fingerprint density at radius 1 is 1.17 bits per heavy atom. The lowest BCUT2D eigenvalue weighted by molar-refractivity contribution is 0.1000. The van der Waals surface area contributed by atoms with E-state index in [9.17, 15) is 13.2 Å². The molecule has 0 bridgehead atoms. The third-order valence-corrected chi connectivity index (χ3v) is 5.25. The summed E-state index contributed by atoms with van der Waals surface area (Å²) in [5.41, 5.74) is 6.77. The molecule has 3 N–H and O–H groups in total. The first-order chi connectivity index (χ1) is 11.3. The highest BCUT2D eigenvalue weighted by Gasteiger charge is 2.17. The zero-order chi connectivity index (χ0) is 17.7. The van der Waals surface area contributed by atoms with Crippen LogP contribution >= 0.6 is 11.6 Å². The number of sulfonamides is 1. The van der Waals surface area contributed by atoms with Crippen LogP contribution in [0.1, 0.15) is 35.7 Å². The summed E-state index contributed by atoms with van der Waals surface area (Å²) in [6.07, 6.45) is 3.15. The van der Waals surface area contributed by atoms with Crippen molar-refractivity contribution in [1.82, 2.24) is 0 Å². The van der Waals surface area contributed by atoms with Crippen LogP contribution in [0.15, 0.2) is 47.4 Å². The Bertz CT molecular complexity index is 833. The van der Waals surface area contributed by atoms with Crippen LogP contribution in [0.5, 0.6) is 0 Å². The molecule has 7 heteroatoms. The summed E-state index contributed by atoms with van der Waals surface area (Å²) in [5.74, 6) is -0.780. The molecule has 0 fully saturated rings. The molecule has 128 valence electrons. The van der Waals surface area contributed by atoms with E-state index >= 15 is 0 Å². The van der Waals surface area contributed by atoms with E-state index < -0.39 is 15.9 Å². The van der Waals surface area contributed by atoms with Crippen molar-refractivity contribution in [2.75, 3.05) is 4.72 Å². The lowest BCUT2D eigenvalue weighted by atomic mass is 10.1. The van der Waals surface area contributed by atoms with Gasteiger partial charge >= 0.3 is 0 Å². The fourth-order valence-corrected chi connectivity index (χ4v) is 3.49. The second-order valence-corrected chi connectivity index (χ2v) is 7.50. The van der Waals surface area contributed by atoms with Crippen LogP contribution in [0.4, 0.5) is 5.69 Å². The van der Waals surface area contributed by atoms with Crippen molar-refractivity contribution in [2.24, 2.45) is 5.73 Å². The van der Waals surface area contributed by atoms with Crippen molar-refractivity contribution >= 4 is 33.2 Å². The van der Waals surface area contributed by atoms with Crippen molar-refractivity contribution in [3.63, 3.8) is 0 Å². The van der Waals surface area contributed by atoms with Gasteiger partial charge in [0.25, 0.3) is 10.0 Å². The van der Waals surface area contributed by atoms with E-state index in [-0.39, 0.29) is 15.5 Å². The Labute approximate surface area is 146 Å². The minimum Gasteiger partial charge on any atom is -0.366 e. The number of hydrogen-bond acceptors (Lipinski definition) is 3. The van der Waals surface area contributed by atoms with Gasteiger partial charge in [0.2, 0.25) is 5.91 Å². The molecule has 0 aliphatic heterocycles. The molecular weight excluding hydrogens is 348 g/mol. The second-order valence-electron chi connectivity index (χ2n) is 5.41. The van der Waals surface area contributed by atoms with Crippen LogP contribution in [0.25, 0.3) is 0 Å². The van der Waals surface area contributed by atoms with Crippen molar-refractivity contribution in [3.8, 4) is 0 Å². The number of anilines is 1. The quantitative estimate of drug-likeness (QED) is 0.784. The largest absolute Gasteiger partial charge is 0.366 e. The molecule has 0 aliphatic carbocycles. The Kier molecular flexibility index (Phi) is 5.85. The molecule has 0 saturated heterocycles. The number of amides is 1. The zero-order valence-electron chi connectivity index (χ0n) is 13.3. The summed E-state index contributed by atoms with van der Waals surface area (Å²) in [6, 6.07) is 11.1. The van der Waals surface area contributed by atoms with E-state index in [0.29, 0.717) is 5.69 Å². The van der Waals surface area contributed by atoms with Gasteiger partial charge in [-0.15, -0.1) is 0 Å². The van der Waals surface area contributed by atoms with Gasteiger partial charge in [-0.25, -0.2) is 8.42 Å². The van der Waals surface area contributed by atoms with Crippen LogP contribution in [-0.2, 0) is 16.4 Å². The molecule has 1 amide bonds. The molecule has 0 aromatic heterocycles. The van der Waals surface area contributed by atoms with Gasteiger partial charge in [0.1, 0.15) is 0 Å². The molecule has 0 unspecified atom stereocenters. The summed E-state index contributed by atoms with van der Waals surface area (Å²) < 4.78 is 27.4. The molecule has 5 nitrogen and oxygen atoms in total. The molecule has 0 heterocycles. The average Bonchev–Trinajstić information content (AvgIpc) is 2.54. The lowest BCUT2D eigenvalue weighted by Crippen LogP contribution is -2.16. The minimum absolute atomic E-state index is 0.0329. The van der Waals surface area contributed by atoms with E-state index in [2.05, 4.69) is 11.6 Å². The number of benzene rings is 2. The molecular formula is C17H19ClN2O3S. The number of hydrogen-bond donors (Lipinski definition) is 2. The summed E-state index contributed by atoms with van der Waals surface area (Å²) >= 11 is 5.84. The maximum absolute atomic E-state index is 12.4. The summed E-state index contributed by atoms with van der Waals surface area (Å²) in [6.45, 7) is 2.12. The van der Waals surface area contributed by atoms with E-state index in [4.69, 9.17) is 17.3 Å². The van der Waals surface area contributed by atoms with E-state index in [1.54, 1.807) is 12.1 Å². The molecule has 0 saturated carbocycles. The minimum atomic E-state index is -3.83. The van der Waals surface area contributed by atoms with Crippen LogP contribution < -0.4 is 10.5 Å². The summed E-state index contributed by atoms with van der Waals surface area (Å²) in [5, 5.41) is 0.113. The highest BCUT2D eigenvalue weighted by atomic mass is 35.5. The molecule has 0 atom stereocenters. The molecule has 2 aromatic carbocycles. The van der Waals surface area contributed by atoms with E-state index in [1.807, 2.05) is 12.1 Å². The molecule has 2 aromatic rings. The Morgan fingerprint density at radius 2 is 1.83 bits per heavy atom. The number of halogens is 1. The predicted molar refractivity (Wildman–Crippen MR) is 95.8 cm³/mol. The molecule has 0 radical (unpaired) electrons. The third kappa shape index (κ3) is 4.49. The van der Waals surface area contributed by atoms with Gasteiger partial charge in [-0.3, -0.25) is 9.52 Å². The van der Waals surface area contributed by atoms with Crippen molar-refractivity contribution in [1.29, 1.82) is 0 Å². The van der Waals surface area contributed by atoms with Crippen LogP contribution in [0.2, 0.25) is 5.02 Å². The van der Waals surface area contributed by atoms with Crippen LogP contribution in [0.3, 0.4) is 0 Å². The number of rotatable bonds is 7. The average molecular weight is 367 g/mol. The van der Waals surface area contributed by atoms with Gasteiger partial charge in [-0.05, 0) is 48.7 Å². The number of nitrogens with two attached hydrogens (primary N) is 1. The molecule has 0 spiro atoms. The summed E-state index contributed by atoms with van der Waals surface area (Å²) in [7, 11) is -3.83. The standard InChI is InChI=1S/C17H19ClN2O3S/c1-2-3-4-12-5-7-13(8-6-12)20-24(22,23)14-9-10-16(18)15(11-14)17(19)21/h5-11,20H,2-4H2,1H3,(H2,19,21). The number of aryl methyl sites for hydroxylation is 1. The smallest absolute Gasteiger partial charge is 0.261 e. The molecule has 24 heavy (non-hydrogen) atoms. The Balaban J connectivity index is 2.22. The monoisotopic (exact) mass is 366 g/mol. The highest BCUT2D eigenvalue weighted by Crippen LogP contribution is 2.22. The van der Waals surface area contributed by atoms with Crippen molar-refractivity contribution in [3.05, 3.63) is 58.6 Å². The van der Waals surface area contributed by atoms with Crippen LogP contribution in [-0.4, -0.2) is 14.3 Å². The number of primary amides is 1. The Morgan fingerprint density at radius 3 is 2.42 bits per heavy atom. The SMILES string of the molecule is CCCCc1ccc(NS(=O)(=O)c2ccc(Cl)c(C(N)=O)c2)cc1. The number of carbonyl (C=O) groups excluding carboxylic acids is 1. The van der Waals surface area contributed by atoms with Crippen molar-refractivity contribution in [2.45, 2.75) is 31.1 Å². The molecule has 2 rings (SSSR count). The van der Waals surface area contributed by atoms with Gasteiger partial charge in [0.15, 0.2) is 0 Å². The van der Waals surface area contributed by atoms with Gasteiger partial charge in [-0.2, -0.15) is 0 Å². The second kappa shape index (κ2) is 7.68. The number of unbranched alkanes of at least 4 members (excludes halogenated alkanes) is 1. The van der Waals surface area contributed by atoms with Gasteiger partial charge in [0, 0.05) is 5.69 Å². The van der Waals surface area contributed by atoms with Crippen molar-refractivity contribution < 1.29 is 13.2 Å². The van der Waals surface area contributed by atoms with E-state index in [1.165, 1.54) is 18.2 Å². The van der Waals surface area contributed by atoms with Gasteiger partial charge in [0.05, 0.1) is 15.5 Å². The number of carbonyl (C=O) groups is 1. The summed E-state index contributed by atoms with van der Waals surface area (Å²) in [4.78, 5) is 11.2. The van der Waals surface area contributed by atoms with Crippen LogP contribution in [0, 0.1) is 0 Å². The molecule has 0 aliphatic rings. The maximum atomic E-state index is 12.4. The fraction of sp³-hybridized carbons (Fsp3) is 0.235.